The third kappa shape index (κ3) is 7.34. The molecule has 0 atom stereocenters. The molecule has 156 valence electrons. The summed E-state index contributed by atoms with van der Waals surface area (Å²) in [7, 11) is 0. The van der Waals surface area contributed by atoms with Gasteiger partial charge in [0.25, 0.3) is 0 Å². The lowest BCUT2D eigenvalue weighted by Crippen LogP contribution is -2.50. The number of hydrogen-bond acceptors (Lipinski definition) is 4. The number of hydrogen-bond donors (Lipinski definition) is 4. The van der Waals surface area contributed by atoms with E-state index in [0.29, 0.717) is 24.6 Å². The van der Waals surface area contributed by atoms with Gasteiger partial charge in [0.15, 0.2) is 17.5 Å². The topological polar surface area (TPSA) is 89.0 Å². The number of aliphatic imine (C=N–C) groups is 1. The molecule has 4 N–H and O–H groups in total. The van der Waals surface area contributed by atoms with Crippen molar-refractivity contribution in [1.82, 2.24) is 20.9 Å². The van der Waals surface area contributed by atoms with Crippen LogP contribution < -0.4 is 16.0 Å². The van der Waals surface area contributed by atoms with E-state index >= 15 is 0 Å². The Morgan fingerprint density at radius 2 is 2.04 bits per heavy atom. The van der Waals surface area contributed by atoms with Crippen molar-refractivity contribution < 1.29 is 14.3 Å². The Labute approximate surface area is 166 Å². The molecule has 2 rings (SSSR count). The van der Waals surface area contributed by atoms with Crippen LogP contribution in [0.25, 0.3) is 0 Å². The summed E-state index contributed by atoms with van der Waals surface area (Å²) in [5.74, 6) is -0.215. The van der Waals surface area contributed by atoms with E-state index in [1.54, 1.807) is 6.07 Å². The van der Waals surface area contributed by atoms with Gasteiger partial charge < -0.3 is 21.1 Å². The summed E-state index contributed by atoms with van der Waals surface area (Å²) in [6.07, 6.45) is 2.81. The lowest BCUT2D eigenvalue weighted by Gasteiger charge is -2.32. The molecule has 1 fully saturated rings. The van der Waals surface area contributed by atoms with E-state index in [1.807, 2.05) is 13.8 Å². The Kier molecular flexibility index (Phi) is 9.00. The zero-order valence-electron chi connectivity index (χ0n) is 16.8. The number of guanidine groups is 1. The van der Waals surface area contributed by atoms with Gasteiger partial charge in [0.1, 0.15) is 0 Å². The molecule has 1 aromatic carbocycles. The number of rotatable bonds is 8. The summed E-state index contributed by atoms with van der Waals surface area (Å²) in [4.78, 5) is 18.5. The highest BCUT2D eigenvalue weighted by atomic mass is 19.1. The molecule has 0 saturated carbocycles. The number of aromatic hydroxyl groups is 1. The van der Waals surface area contributed by atoms with Crippen LogP contribution in [0.5, 0.6) is 5.75 Å². The van der Waals surface area contributed by atoms with E-state index in [4.69, 9.17) is 0 Å². The van der Waals surface area contributed by atoms with Crippen molar-refractivity contribution in [3.63, 3.8) is 0 Å². The largest absolute Gasteiger partial charge is 0.505 e. The maximum absolute atomic E-state index is 13.5. The highest BCUT2D eigenvalue weighted by Gasteiger charge is 2.21. The third-order valence-electron chi connectivity index (χ3n) is 4.64. The quantitative estimate of drug-likeness (QED) is 0.398. The zero-order valence-corrected chi connectivity index (χ0v) is 16.8. The molecule has 1 aliphatic rings. The monoisotopic (exact) mass is 393 g/mol. The summed E-state index contributed by atoms with van der Waals surface area (Å²) >= 11 is 0. The Hall–Kier alpha value is -2.35. The molecule has 1 aliphatic heterocycles. The van der Waals surface area contributed by atoms with Gasteiger partial charge >= 0.3 is 0 Å². The van der Waals surface area contributed by atoms with Crippen LogP contribution in [-0.2, 0) is 11.3 Å². The van der Waals surface area contributed by atoms with E-state index in [-0.39, 0.29) is 17.7 Å². The first kappa shape index (κ1) is 21.9. The number of halogens is 1. The summed E-state index contributed by atoms with van der Waals surface area (Å²) < 4.78 is 13.5. The average molecular weight is 394 g/mol. The van der Waals surface area contributed by atoms with Crippen molar-refractivity contribution in [2.24, 2.45) is 4.99 Å². The predicted octanol–water partition coefficient (Wildman–Crippen LogP) is 1.58. The van der Waals surface area contributed by atoms with Crippen molar-refractivity contribution >= 4 is 11.9 Å². The molecular weight excluding hydrogens is 361 g/mol. The second-order valence-electron chi connectivity index (χ2n) is 7.03. The van der Waals surface area contributed by atoms with Crippen LogP contribution >= 0.6 is 0 Å². The summed E-state index contributed by atoms with van der Waals surface area (Å²) in [5, 5.41) is 18.8. The number of nitrogens with one attached hydrogen (secondary N) is 3. The lowest BCUT2D eigenvalue weighted by atomic mass is 10.1. The van der Waals surface area contributed by atoms with Crippen LogP contribution in [0.1, 0.15) is 38.7 Å². The number of phenols is 1. The van der Waals surface area contributed by atoms with Crippen LogP contribution in [0.3, 0.4) is 0 Å². The van der Waals surface area contributed by atoms with Gasteiger partial charge in [-0.1, -0.05) is 13.0 Å². The van der Waals surface area contributed by atoms with Crippen molar-refractivity contribution in [3.05, 3.63) is 29.6 Å². The van der Waals surface area contributed by atoms with Gasteiger partial charge in [0.05, 0.1) is 13.1 Å². The zero-order chi connectivity index (χ0) is 20.4. The number of phenolic OH excluding ortho intramolecular Hbond substituents is 1. The average Bonchev–Trinajstić information content (AvgIpc) is 2.68. The van der Waals surface area contributed by atoms with Gasteiger partial charge in [0, 0.05) is 32.2 Å². The normalized spacial score (nSPS) is 16.0. The molecule has 1 aromatic rings. The van der Waals surface area contributed by atoms with E-state index in [0.717, 1.165) is 45.4 Å². The van der Waals surface area contributed by atoms with Gasteiger partial charge in [0.2, 0.25) is 5.91 Å². The first-order chi connectivity index (χ1) is 13.5. The number of benzene rings is 1. The second kappa shape index (κ2) is 11.5. The predicted molar refractivity (Wildman–Crippen MR) is 109 cm³/mol. The first-order valence-electron chi connectivity index (χ1n) is 10.0. The maximum atomic E-state index is 13.5. The molecule has 1 amide bonds. The van der Waals surface area contributed by atoms with Crippen LogP contribution in [0.4, 0.5) is 4.39 Å². The highest BCUT2D eigenvalue weighted by molar-refractivity contribution is 5.80. The number of piperidine rings is 1. The molecular formula is C20H32FN5O2. The summed E-state index contributed by atoms with van der Waals surface area (Å²) in [5.41, 5.74) is 0.695. The number of amides is 1. The van der Waals surface area contributed by atoms with E-state index in [1.165, 1.54) is 12.1 Å². The van der Waals surface area contributed by atoms with E-state index in [2.05, 4.69) is 25.8 Å². The third-order valence-corrected chi connectivity index (χ3v) is 4.64. The molecule has 0 radical (unpaired) electrons. The molecule has 1 heterocycles. The molecule has 0 aliphatic carbocycles. The van der Waals surface area contributed by atoms with Gasteiger partial charge in [-0.25, -0.2) is 9.38 Å². The Balaban J connectivity index is 1.82. The molecule has 0 bridgehead atoms. The molecule has 1 saturated heterocycles. The first-order valence-corrected chi connectivity index (χ1v) is 10.0. The number of likely N-dealkylation sites (tertiary alicyclic amines) is 1. The van der Waals surface area contributed by atoms with Crippen molar-refractivity contribution in [1.29, 1.82) is 0 Å². The van der Waals surface area contributed by atoms with E-state index < -0.39 is 5.82 Å². The van der Waals surface area contributed by atoms with Crippen LogP contribution in [0.2, 0.25) is 0 Å². The molecule has 0 aromatic heterocycles. The summed E-state index contributed by atoms with van der Waals surface area (Å²) in [6, 6.07) is 4.58. The second-order valence-corrected chi connectivity index (χ2v) is 7.03. The highest BCUT2D eigenvalue weighted by Crippen LogP contribution is 2.16. The SMILES string of the molecule is CCCNC(=O)CN1CCC(NC(=NCc2ccc(O)c(F)c2)NCC)CC1. The lowest BCUT2D eigenvalue weighted by molar-refractivity contribution is -0.122. The fourth-order valence-electron chi connectivity index (χ4n) is 3.09. The molecule has 0 spiro atoms. The molecule has 7 nitrogen and oxygen atoms in total. The Morgan fingerprint density at radius 1 is 1.29 bits per heavy atom. The fourth-order valence-corrected chi connectivity index (χ4v) is 3.09. The van der Waals surface area contributed by atoms with Crippen LogP contribution in [-0.4, -0.2) is 60.6 Å². The van der Waals surface area contributed by atoms with E-state index in [9.17, 15) is 14.3 Å². The number of nitrogens with zero attached hydrogens (tertiary/aromatic N) is 2. The molecule has 28 heavy (non-hydrogen) atoms. The Morgan fingerprint density at radius 3 is 2.68 bits per heavy atom. The fraction of sp³-hybridized carbons (Fsp3) is 0.600. The van der Waals surface area contributed by atoms with Crippen molar-refractivity contribution in [3.8, 4) is 5.75 Å². The number of carbonyl (C=O) groups is 1. The minimum absolute atomic E-state index is 0.0873. The summed E-state index contributed by atoms with van der Waals surface area (Å²) in [6.45, 7) is 7.99. The maximum Gasteiger partial charge on any atom is 0.234 e. The van der Waals surface area contributed by atoms with Gasteiger partial charge in [-0.15, -0.1) is 0 Å². The Bertz CT molecular complexity index is 660. The van der Waals surface area contributed by atoms with Crippen molar-refractivity contribution in [2.45, 2.75) is 45.7 Å². The van der Waals surface area contributed by atoms with Crippen molar-refractivity contribution in [2.75, 3.05) is 32.7 Å². The smallest absolute Gasteiger partial charge is 0.234 e. The van der Waals surface area contributed by atoms with Gasteiger partial charge in [-0.3, -0.25) is 9.69 Å². The number of carbonyl (C=O) groups excluding carboxylic acids is 1. The van der Waals surface area contributed by atoms with Crippen LogP contribution in [0, 0.1) is 5.82 Å². The van der Waals surface area contributed by atoms with Gasteiger partial charge in [-0.2, -0.15) is 0 Å². The molecule has 8 heteroatoms. The minimum atomic E-state index is -0.638. The minimum Gasteiger partial charge on any atom is -0.505 e. The van der Waals surface area contributed by atoms with Gasteiger partial charge in [-0.05, 0) is 43.9 Å². The molecule has 0 unspecified atom stereocenters. The standard InChI is InChI=1S/C20H32FN5O2/c1-3-9-23-19(28)14-26-10-7-16(8-11-26)25-20(22-4-2)24-13-15-5-6-18(27)17(21)12-15/h5-6,12,16,27H,3-4,7-11,13-14H2,1-2H3,(H,23,28)(H2,22,24,25). The van der Waals surface area contributed by atoms with Crippen LogP contribution in [0.15, 0.2) is 23.2 Å².